The highest BCUT2D eigenvalue weighted by atomic mass is 19.1. The molecule has 27 heavy (non-hydrogen) atoms. The summed E-state index contributed by atoms with van der Waals surface area (Å²) < 4.78 is 13.0. The molecule has 2 heterocycles. The van der Waals surface area contributed by atoms with Crippen molar-refractivity contribution in [3.05, 3.63) is 60.4 Å². The van der Waals surface area contributed by atoms with Gasteiger partial charge in [-0.15, -0.1) is 10.2 Å². The Morgan fingerprint density at radius 2 is 1.67 bits per heavy atom. The predicted octanol–water partition coefficient (Wildman–Crippen LogP) is 1.83. The third-order valence-electron chi connectivity index (χ3n) is 4.59. The molecule has 0 aliphatic carbocycles. The van der Waals surface area contributed by atoms with Crippen LogP contribution in [0, 0.1) is 5.82 Å². The topological polar surface area (TPSA) is 67.2 Å². The Hall–Kier alpha value is -3.29. The number of nitrogens with zero attached hydrogens (tertiary/aromatic N) is 6. The summed E-state index contributed by atoms with van der Waals surface area (Å²) in [5.41, 5.74) is 1.83. The lowest BCUT2D eigenvalue weighted by molar-refractivity contribution is -0.132. The first-order valence-electron chi connectivity index (χ1n) is 8.80. The van der Waals surface area contributed by atoms with Gasteiger partial charge in [-0.3, -0.25) is 4.79 Å². The van der Waals surface area contributed by atoms with Crippen molar-refractivity contribution in [3.63, 3.8) is 0 Å². The van der Waals surface area contributed by atoms with Crippen molar-refractivity contribution in [2.75, 3.05) is 31.1 Å². The summed E-state index contributed by atoms with van der Waals surface area (Å²) in [5.74, 6) is 0.0124. The molecule has 0 radical (unpaired) electrons. The molecular weight excluding hydrogens is 347 g/mol. The van der Waals surface area contributed by atoms with Gasteiger partial charge < -0.3 is 9.80 Å². The number of benzene rings is 2. The largest absolute Gasteiger partial charge is 0.368 e. The fourth-order valence-electron chi connectivity index (χ4n) is 3.10. The molecule has 138 valence electrons. The van der Waals surface area contributed by atoms with E-state index in [1.54, 1.807) is 12.1 Å². The number of piperazine rings is 1. The van der Waals surface area contributed by atoms with Gasteiger partial charge in [0, 0.05) is 37.4 Å². The van der Waals surface area contributed by atoms with E-state index in [4.69, 9.17) is 0 Å². The van der Waals surface area contributed by atoms with Gasteiger partial charge in [-0.05, 0) is 41.6 Å². The lowest BCUT2D eigenvalue weighted by Gasteiger charge is -2.36. The van der Waals surface area contributed by atoms with Crippen LogP contribution in [0.25, 0.3) is 11.4 Å². The molecule has 1 aliphatic rings. The number of carbonyl (C=O) groups excluding carboxylic acids is 1. The van der Waals surface area contributed by atoms with E-state index in [1.807, 2.05) is 23.1 Å². The van der Waals surface area contributed by atoms with Crippen LogP contribution >= 0.6 is 0 Å². The maximum Gasteiger partial charge on any atom is 0.246 e. The number of carbonyl (C=O) groups is 1. The third-order valence-corrected chi connectivity index (χ3v) is 4.59. The van der Waals surface area contributed by atoms with Crippen LogP contribution in [0.15, 0.2) is 54.6 Å². The number of hydrogen-bond acceptors (Lipinski definition) is 5. The van der Waals surface area contributed by atoms with E-state index in [-0.39, 0.29) is 18.3 Å². The van der Waals surface area contributed by atoms with E-state index >= 15 is 0 Å². The van der Waals surface area contributed by atoms with Crippen molar-refractivity contribution in [2.24, 2.45) is 0 Å². The van der Waals surface area contributed by atoms with Crippen molar-refractivity contribution >= 4 is 11.6 Å². The van der Waals surface area contributed by atoms with Gasteiger partial charge in [0.2, 0.25) is 11.7 Å². The highest BCUT2D eigenvalue weighted by molar-refractivity contribution is 5.76. The minimum absolute atomic E-state index is 0.0363. The van der Waals surface area contributed by atoms with Crippen LogP contribution in [0.5, 0.6) is 0 Å². The number of tetrazole rings is 1. The Bertz CT molecular complexity index is 903. The fraction of sp³-hybridized carbons (Fsp3) is 0.263. The van der Waals surface area contributed by atoms with Gasteiger partial charge in [-0.25, -0.2) is 4.39 Å². The predicted molar refractivity (Wildman–Crippen MR) is 98.4 cm³/mol. The summed E-state index contributed by atoms with van der Waals surface area (Å²) in [5, 5.41) is 12.1. The van der Waals surface area contributed by atoms with Crippen molar-refractivity contribution in [1.29, 1.82) is 0 Å². The fourth-order valence-corrected chi connectivity index (χ4v) is 3.10. The molecule has 1 aromatic heterocycles. The smallest absolute Gasteiger partial charge is 0.246 e. The SMILES string of the molecule is O=C(Cn1nnc(-c2ccc(F)cc2)n1)N1CCN(c2ccccc2)CC1. The second kappa shape index (κ2) is 7.53. The zero-order chi connectivity index (χ0) is 18.6. The van der Waals surface area contributed by atoms with Crippen LogP contribution in [0.2, 0.25) is 0 Å². The van der Waals surface area contributed by atoms with E-state index in [2.05, 4.69) is 32.4 Å². The molecule has 0 saturated carbocycles. The van der Waals surface area contributed by atoms with E-state index < -0.39 is 0 Å². The molecule has 0 spiro atoms. The number of rotatable bonds is 4. The molecule has 4 rings (SSSR count). The first-order valence-corrected chi connectivity index (χ1v) is 8.80. The number of para-hydroxylation sites is 1. The summed E-state index contributed by atoms with van der Waals surface area (Å²) in [6, 6.07) is 16.0. The van der Waals surface area contributed by atoms with Crippen molar-refractivity contribution in [3.8, 4) is 11.4 Å². The molecule has 1 amide bonds. The van der Waals surface area contributed by atoms with E-state index in [0.717, 1.165) is 13.1 Å². The number of anilines is 1. The van der Waals surface area contributed by atoms with Gasteiger partial charge in [0.1, 0.15) is 12.4 Å². The molecule has 1 fully saturated rings. The molecule has 0 unspecified atom stereocenters. The number of aromatic nitrogens is 4. The Morgan fingerprint density at radius 1 is 0.963 bits per heavy atom. The first-order chi connectivity index (χ1) is 13.2. The number of hydrogen-bond donors (Lipinski definition) is 0. The van der Waals surface area contributed by atoms with E-state index in [9.17, 15) is 9.18 Å². The van der Waals surface area contributed by atoms with Gasteiger partial charge in [-0.2, -0.15) is 4.80 Å². The molecular formula is C19H19FN6O. The van der Waals surface area contributed by atoms with E-state index in [0.29, 0.717) is 24.5 Å². The molecule has 0 atom stereocenters. The highest BCUT2D eigenvalue weighted by Crippen LogP contribution is 2.16. The van der Waals surface area contributed by atoms with Crippen LogP contribution < -0.4 is 4.90 Å². The second-order valence-corrected chi connectivity index (χ2v) is 6.35. The molecule has 1 aliphatic heterocycles. The van der Waals surface area contributed by atoms with Gasteiger partial charge in [0.15, 0.2) is 0 Å². The quantitative estimate of drug-likeness (QED) is 0.705. The van der Waals surface area contributed by atoms with Gasteiger partial charge in [0.25, 0.3) is 0 Å². The van der Waals surface area contributed by atoms with Gasteiger partial charge >= 0.3 is 0 Å². The molecule has 8 heteroatoms. The highest BCUT2D eigenvalue weighted by Gasteiger charge is 2.22. The monoisotopic (exact) mass is 366 g/mol. The lowest BCUT2D eigenvalue weighted by Crippen LogP contribution is -2.49. The Balaban J connectivity index is 1.34. The van der Waals surface area contributed by atoms with Crippen molar-refractivity contribution in [2.45, 2.75) is 6.54 Å². The molecule has 0 bridgehead atoms. The van der Waals surface area contributed by atoms with Gasteiger partial charge in [0.05, 0.1) is 0 Å². The number of amides is 1. The van der Waals surface area contributed by atoms with Crippen molar-refractivity contribution in [1.82, 2.24) is 25.1 Å². The average Bonchev–Trinajstić information content (AvgIpc) is 3.18. The molecule has 0 N–H and O–H groups in total. The average molecular weight is 366 g/mol. The van der Waals surface area contributed by atoms with Gasteiger partial charge in [-0.1, -0.05) is 18.2 Å². The Morgan fingerprint density at radius 3 is 2.37 bits per heavy atom. The number of halogens is 1. The second-order valence-electron chi connectivity index (χ2n) is 6.35. The minimum atomic E-state index is -0.323. The maximum absolute atomic E-state index is 13.0. The zero-order valence-electron chi connectivity index (χ0n) is 14.7. The van der Waals surface area contributed by atoms with Crippen LogP contribution in [-0.2, 0) is 11.3 Å². The van der Waals surface area contributed by atoms with E-state index in [1.165, 1.54) is 22.6 Å². The standard InChI is InChI=1S/C19H19FN6O/c20-16-8-6-15(7-9-16)19-21-23-26(22-19)14-18(27)25-12-10-24(11-13-25)17-4-2-1-3-5-17/h1-9H,10-14H2. The maximum atomic E-state index is 13.0. The summed E-state index contributed by atoms with van der Waals surface area (Å²) in [7, 11) is 0. The Labute approximate surface area is 156 Å². The van der Waals surface area contributed by atoms with Crippen LogP contribution in [0.4, 0.5) is 10.1 Å². The first kappa shape index (κ1) is 17.1. The van der Waals surface area contributed by atoms with Crippen molar-refractivity contribution < 1.29 is 9.18 Å². The lowest BCUT2D eigenvalue weighted by atomic mass is 10.2. The molecule has 1 saturated heterocycles. The third kappa shape index (κ3) is 3.94. The van der Waals surface area contributed by atoms with Crippen LogP contribution in [0.3, 0.4) is 0 Å². The summed E-state index contributed by atoms with van der Waals surface area (Å²) in [6.07, 6.45) is 0. The normalized spacial score (nSPS) is 14.4. The minimum Gasteiger partial charge on any atom is -0.368 e. The molecule has 3 aromatic rings. The Kier molecular flexibility index (Phi) is 4.78. The molecule has 7 nitrogen and oxygen atoms in total. The molecule has 2 aromatic carbocycles. The van der Waals surface area contributed by atoms with Crippen LogP contribution in [0.1, 0.15) is 0 Å². The summed E-state index contributed by atoms with van der Waals surface area (Å²) >= 11 is 0. The summed E-state index contributed by atoms with van der Waals surface area (Å²) in [6.45, 7) is 2.95. The zero-order valence-corrected chi connectivity index (χ0v) is 14.7. The summed E-state index contributed by atoms with van der Waals surface area (Å²) in [4.78, 5) is 17.9. The van der Waals surface area contributed by atoms with Crippen LogP contribution in [-0.4, -0.2) is 57.2 Å².